The van der Waals surface area contributed by atoms with Gasteiger partial charge in [-0.1, -0.05) is 13.8 Å². The molecule has 0 saturated heterocycles. The average Bonchev–Trinajstić information content (AvgIpc) is 2.46. The van der Waals surface area contributed by atoms with Gasteiger partial charge in [0.15, 0.2) is 0 Å². The monoisotopic (exact) mass is 279 g/mol. The maximum atomic E-state index is 11.7. The van der Waals surface area contributed by atoms with Gasteiger partial charge in [0.05, 0.1) is 0 Å². The normalized spacial score (nSPS) is 11.8. The van der Waals surface area contributed by atoms with Gasteiger partial charge >= 0.3 is 0 Å². The lowest BCUT2D eigenvalue weighted by molar-refractivity contribution is -0.121. The second-order valence-corrected chi connectivity index (χ2v) is 4.71. The van der Waals surface area contributed by atoms with Crippen LogP contribution in [0.15, 0.2) is 6.33 Å². The molecule has 6 nitrogen and oxygen atoms in total. The Morgan fingerprint density at radius 1 is 1.30 bits per heavy atom. The lowest BCUT2D eigenvalue weighted by Gasteiger charge is -2.14. The van der Waals surface area contributed by atoms with Gasteiger partial charge in [-0.2, -0.15) is 0 Å². The summed E-state index contributed by atoms with van der Waals surface area (Å²) in [6.07, 6.45) is 3.73. The second-order valence-electron chi connectivity index (χ2n) is 4.71. The van der Waals surface area contributed by atoms with Gasteiger partial charge < -0.3 is 16.0 Å². The molecule has 0 aliphatic heterocycles. The van der Waals surface area contributed by atoms with E-state index in [1.807, 2.05) is 14.0 Å². The van der Waals surface area contributed by atoms with Crippen LogP contribution in [-0.2, 0) is 11.2 Å². The Balaban J connectivity index is 2.52. The minimum atomic E-state index is 0.0628. The Labute approximate surface area is 120 Å². The molecule has 3 N–H and O–H groups in total. The SMILES string of the molecule is CCc1c(NC)ncnc1NCCC(=O)NC(C)CC. The van der Waals surface area contributed by atoms with Crippen molar-refractivity contribution in [1.82, 2.24) is 15.3 Å². The number of hydrogen-bond acceptors (Lipinski definition) is 5. The number of nitrogens with zero attached hydrogens (tertiary/aromatic N) is 2. The molecule has 0 aromatic carbocycles. The van der Waals surface area contributed by atoms with Crippen molar-refractivity contribution < 1.29 is 4.79 Å². The summed E-state index contributed by atoms with van der Waals surface area (Å²) in [5.41, 5.74) is 1.04. The molecule has 0 bridgehead atoms. The quantitative estimate of drug-likeness (QED) is 0.676. The third-order valence-electron chi connectivity index (χ3n) is 3.20. The zero-order chi connectivity index (χ0) is 15.0. The van der Waals surface area contributed by atoms with Crippen molar-refractivity contribution in [1.29, 1.82) is 0 Å². The van der Waals surface area contributed by atoms with Crippen LogP contribution in [0.25, 0.3) is 0 Å². The van der Waals surface area contributed by atoms with E-state index in [4.69, 9.17) is 0 Å². The lowest BCUT2D eigenvalue weighted by Crippen LogP contribution is -2.33. The number of aromatic nitrogens is 2. The van der Waals surface area contributed by atoms with E-state index in [9.17, 15) is 4.79 Å². The molecule has 1 aromatic rings. The zero-order valence-corrected chi connectivity index (χ0v) is 12.8. The highest BCUT2D eigenvalue weighted by Gasteiger charge is 2.09. The van der Waals surface area contributed by atoms with Crippen LogP contribution in [0.3, 0.4) is 0 Å². The molecule has 0 aliphatic rings. The van der Waals surface area contributed by atoms with Gasteiger partial charge in [0, 0.05) is 31.6 Å². The first-order valence-electron chi connectivity index (χ1n) is 7.17. The highest BCUT2D eigenvalue weighted by atomic mass is 16.1. The van der Waals surface area contributed by atoms with E-state index >= 15 is 0 Å². The Morgan fingerprint density at radius 2 is 2.00 bits per heavy atom. The van der Waals surface area contributed by atoms with Crippen molar-refractivity contribution in [3.05, 3.63) is 11.9 Å². The third-order valence-corrected chi connectivity index (χ3v) is 3.20. The van der Waals surface area contributed by atoms with Crippen LogP contribution < -0.4 is 16.0 Å². The minimum absolute atomic E-state index is 0.0628. The summed E-state index contributed by atoms with van der Waals surface area (Å²) < 4.78 is 0. The first-order chi connectivity index (χ1) is 9.62. The molecule has 1 atom stereocenters. The largest absolute Gasteiger partial charge is 0.373 e. The van der Waals surface area contributed by atoms with Crippen LogP contribution in [0, 0.1) is 0 Å². The molecule has 1 heterocycles. The van der Waals surface area contributed by atoms with E-state index in [0.29, 0.717) is 13.0 Å². The summed E-state index contributed by atoms with van der Waals surface area (Å²) in [7, 11) is 1.84. The minimum Gasteiger partial charge on any atom is -0.373 e. The van der Waals surface area contributed by atoms with E-state index in [2.05, 4.69) is 39.8 Å². The van der Waals surface area contributed by atoms with Crippen LogP contribution in [0.5, 0.6) is 0 Å². The molecule has 1 unspecified atom stereocenters. The van der Waals surface area contributed by atoms with Crippen LogP contribution >= 0.6 is 0 Å². The molecule has 6 heteroatoms. The van der Waals surface area contributed by atoms with E-state index in [-0.39, 0.29) is 11.9 Å². The fourth-order valence-electron chi connectivity index (χ4n) is 1.86. The number of anilines is 2. The molecule has 1 amide bonds. The topological polar surface area (TPSA) is 78.9 Å². The fourth-order valence-corrected chi connectivity index (χ4v) is 1.86. The predicted octanol–water partition coefficient (Wildman–Crippen LogP) is 1.80. The van der Waals surface area contributed by atoms with Crippen LogP contribution in [0.1, 0.15) is 39.2 Å². The van der Waals surface area contributed by atoms with E-state index in [0.717, 1.165) is 30.0 Å². The first-order valence-corrected chi connectivity index (χ1v) is 7.17. The number of rotatable bonds is 8. The van der Waals surface area contributed by atoms with Gasteiger partial charge in [0.25, 0.3) is 0 Å². The summed E-state index contributed by atoms with van der Waals surface area (Å²) in [5.74, 6) is 1.69. The molecule has 0 radical (unpaired) electrons. The summed E-state index contributed by atoms with van der Waals surface area (Å²) in [6.45, 7) is 6.68. The zero-order valence-electron chi connectivity index (χ0n) is 12.8. The highest BCUT2D eigenvalue weighted by molar-refractivity contribution is 5.76. The molecule has 1 aromatic heterocycles. The standard InChI is InChI=1S/C14H25N5O/c1-5-10(3)19-12(20)7-8-16-14-11(6-2)13(15-4)17-9-18-14/h9-10H,5-8H2,1-4H3,(H,19,20)(H2,15,16,17,18). The van der Waals surface area contributed by atoms with Crippen molar-refractivity contribution in [2.45, 2.75) is 46.1 Å². The first kappa shape index (κ1) is 16.2. The molecule has 0 fully saturated rings. The maximum Gasteiger partial charge on any atom is 0.221 e. The number of carbonyl (C=O) groups is 1. The summed E-state index contributed by atoms with van der Waals surface area (Å²) in [4.78, 5) is 20.1. The molecule has 112 valence electrons. The summed E-state index contributed by atoms with van der Waals surface area (Å²) in [5, 5.41) is 9.20. The van der Waals surface area contributed by atoms with Gasteiger partial charge in [-0.15, -0.1) is 0 Å². The molecule has 0 aliphatic carbocycles. The summed E-state index contributed by atoms with van der Waals surface area (Å²) in [6, 6.07) is 0.226. The second kappa shape index (κ2) is 8.35. The maximum absolute atomic E-state index is 11.7. The van der Waals surface area contributed by atoms with Crippen molar-refractivity contribution in [3.8, 4) is 0 Å². The van der Waals surface area contributed by atoms with Crippen molar-refractivity contribution >= 4 is 17.5 Å². The van der Waals surface area contributed by atoms with Crippen molar-refractivity contribution in [2.75, 3.05) is 24.2 Å². The Morgan fingerprint density at radius 3 is 2.60 bits per heavy atom. The number of carbonyl (C=O) groups excluding carboxylic acids is 1. The van der Waals surface area contributed by atoms with Crippen molar-refractivity contribution in [3.63, 3.8) is 0 Å². The lowest BCUT2D eigenvalue weighted by atomic mass is 10.2. The Bertz CT molecular complexity index is 436. The molecular formula is C14H25N5O. The van der Waals surface area contributed by atoms with Gasteiger partial charge in [-0.25, -0.2) is 9.97 Å². The smallest absolute Gasteiger partial charge is 0.221 e. The Kier molecular flexibility index (Phi) is 6.76. The number of amides is 1. The van der Waals surface area contributed by atoms with Crippen LogP contribution in [0.4, 0.5) is 11.6 Å². The fraction of sp³-hybridized carbons (Fsp3) is 0.643. The number of hydrogen-bond donors (Lipinski definition) is 3. The van der Waals surface area contributed by atoms with Crippen molar-refractivity contribution in [2.24, 2.45) is 0 Å². The number of nitrogens with one attached hydrogen (secondary N) is 3. The van der Waals surface area contributed by atoms with E-state index in [1.54, 1.807) is 0 Å². The molecular weight excluding hydrogens is 254 g/mol. The van der Waals surface area contributed by atoms with E-state index in [1.165, 1.54) is 6.33 Å². The van der Waals surface area contributed by atoms with Gasteiger partial charge in [0.1, 0.15) is 18.0 Å². The average molecular weight is 279 g/mol. The summed E-state index contributed by atoms with van der Waals surface area (Å²) >= 11 is 0. The van der Waals surface area contributed by atoms with Gasteiger partial charge in [-0.3, -0.25) is 4.79 Å². The van der Waals surface area contributed by atoms with Crippen LogP contribution in [-0.4, -0.2) is 35.5 Å². The highest BCUT2D eigenvalue weighted by Crippen LogP contribution is 2.19. The molecule has 0 saturated carbocycles. The van der Waals surface area contributed by atoms with Crippen LogP contribution in [0.2, 0.25) is 0 Å². The molecule has 0 spiro atoms. The third kappa shape index (κ3) is 4.68. The molecule has 20 heavy (non-hydrogen) atoms. The predicted molar refractivity (Wildman–Crippen MR) is 82.0 cm³/mol. The molecule has 1 rings (SSSR count). The van der Waals surface area contributed by atoms with Gasteiger partial charge in [0.2, 0.25) is 5.91 Å². The van der Waals surface area contributed by atoms with Gasteiger partial charge in [-0.05, 0) is 19.8 Å². The van der Waals surface area contributed by atoms with E-state index < -0.39 is 0 Å². The Hall–Kier alpha value is -1.85.